The van der Waals surface area contributed by atoms with Gasteiger partial charge in [0.1, 0.15) is 11.9 Å². The summed E-state index contributed by atoms with van der Waals surface area (Å²) in [5.74, 6) is -0.245. The van der Waals surface area contributed by atoms with Crippen molar-refractivity contribution in [2.45, 2.75) is 19.4 Å². The van der Waals surface area contributed by atoms with Gasteiger partial charge in [0.15, 0.2) is 11.4 Å². The molecule has 0 saturated heterocycles. The summed E-state index contributed by atoms with van der Waals surface area (Å²) in [6.07, 6.45) is 5.20. The number of nitrogen functional groups attached to an aromatic ring is 1. The highest BCUT2D eigenvalue weighted by Gasteiger charge is 2.25. The molecule has 4 rings (SSSR count). The standard InChI is InChI=1S/C23H23Cl2FN4O3/c1-12(18-16(24)4-5-17(26)19(18)25)33-21-20-14(10-28-22(21)27)15(11-32-20)13-6-8-30(9-7-13)23(31)29(2)3/h4-6,10-12H,7-9H2,1-3H3,(H2,27,28)/t12-/m1/s1. The summed E-state index contributed by atoms with van der Waals surface area (Å²) >= 11 is 12.4. The summed E-state index contributed by atoms with van der Waals surface area (Å²) in [6, 6.07) is 2.59. The Kier molecular flexibility index (Phi) is 6.41. The first-order valence-corrected chi connectivity index (χ1v) is 11.1. The largest absolute Gasteiger partial charge is 0.478 e. The number of carbonyl (C=O) groups is 1. The number of carbonyl (C=O) groups excluding carboxylic acids is 1. The van der Waals surface area contributed by atoms with E-state index in [-0.39, 0.29) is 27.6 Å². The number of fused-ring (bicyclic) bond motifs is 1. The SMILES string of the molecule is C[C@@H](Oc1c(N)ncc2c(C3=CCN(C(=O)N(C)C)CC3)coc12)c1c(Cl)ccc(F)c1Cl. The van der Waals surface area contributed by atoms with E-state index in [1.165, 1.54) is 12.1 Å². The number of nitrogens with two attached hydrogens (primary N) is 1. The number of anilines is 1. The van der Waals surface area contributed by atoms with Crippen LogP contribution in [0.25, 0.3) is 16.5 Å². The predicted molar refractivity (Wildman–Crippen MR) is 127 cm³/mol. The zero-order valence-electron chi connectivity index (χ0n) is 18.4. The lowest BCUT2D eigenvalue weighted by molar-refractivity contribution is 0.176. The molecule has 2 aromatic heterocycles. The van der Waals surface area contributed by atoms with Crippen LogP contribution in [0.5, 0.6) is 5.75 Å². The number of benzene rings is 1. The fourth-order valence-corrected chi connectivity index (χ4v) is 4.54. The van der Waals surface area contributed by atoms with Crippen molar-refractivity contribution in [1.82, 2.24) is 14.8 Å². The molecule has 3 aromatic rings. The van der Waals surface area contributed by atoms with Crippen LogP contribution < -0.4 is 10.5 Å². The van der Waals surface area contributed by atoms with Crippen LogP contribution in [0.4, 0.5) is 15.0 Å². The van der Waals surface area contributed by atoms with E-state index < -0.39 is 11.9 Å². The van der Waals surface area contributed by atoms with Gasteiger partial charge in [0.2, 0.25) is 5.75 Å². The van der Waals surface area contributed by atoms with Gasteiger partial charge < -0.3 is 24.7 Å². The van der Waals surface area contributed by atoms with Crippen molar-refractivity contribution >= 4 is 51.6 Å². The lowest BCUT2D eigenvalue weighted by atomic mass is 9.99. The van der Waals surface area contributed by atoms with Crippen LogP contribution in [0, 0.1) is 5.82 Å². The Morgan fingerprint density at radius 2 is 2.12 bits per heavy atom. The van der Waals surface area contributed by atoms with Gasteiger partial charge in [-0.15, -0.1) is 0 Å². The average Bonchev–Trinajstić information content (AvgIpc) is 3.22. The van der Waals surface area contributed by atoms with Gasteiger partial charge in [0.25, 0.3) is 0 Å². The van der Waals surface area contributed by atoms with Crippen LogP contribution in [-0.4, -0.2) is 48.0 Å². The molecule has 7 nitrogen and oxygen atoms in total. The summed E-state index contributed by atoms with van der Waals surface area (Å²) in [7, 11) is 3.46. The average molecular weight is 493 g/mol. The monoisotopic (exact) mass is 492 g/mol. The molecule has 2 N–H and O–H groups in total. The van der Waals surface area contributed by atoms with Crippen LogP contribution in [-0.2, 0) is 0 Å². The van der Waals surface area contributed by atoms with Gasteiger partial charge in [-0.3, -0.25) is 0 Å². The molecule has 1 aliphatic rings. The number of hydrogen-bond acceptors (Lipinski definition) is 5. The van der Waals surface area contributed by atoms with E-state index in [1.54, 1.807) is 43.3 Å². The van der Waals surface area contributed by atoms with Crippen LogP contribution >= 0.6 is 23.2 Å². The summed E-state index contributed by atoms with van der Waals surface area (Å²) < 4.78 is 25.9. The van der Waals surface area contributed by atoms with E-state index in [9.17, 15) is 9.18 Å². The Bertz CT molecular complexity index is 1260. The molecular formula is C23H23Cl2FN4O3. The summed E-state index contributed by atoms with van der Waals surface area (Å²) in [4.78, 5) is 19.8. The van der Waals surface area contributed by atoms with E-state index in [2.05, 4.69) is 4.98 Å². The Morgan fingerprint density at radius 1 is 1.36 bits per heavy atom. The number of urea groups is 1. The highest BCUT2D eigenvalue weighted by molar-refractivity contribution is 6.36. The smallest absolute Gasteiger partial charge is 0.319 e. The molecular weight excluding hydrogens is 470 g/mol. The molecule has 0 aliphatic carbocycles. The Hall–Kier alpha value is -2.97. The number of ether oxygens (including phenoxy) is 1. The third kappa shape index (κ3) is 4.32. The highest BCUT2D eigenvalue weighted by Crippen LogP contribution is 2.41. The van der Waals surface area contributed by atoms with E-state index in [0.717, 1.165) is 16.5 Å². The van der Waals surface area contributed by atoms with Crippen molar-refractivity contribution < 1.29 is 18.3 Å². The first-order chi connectivity index (χ1) is 15.7. The van der Waals surface area contributed by atoms with Crippen molar-refractivity contribution in [3.63, 3.8) is 0 Å². The van der Waals surface area contributed by atoms with Gasteiger partial charge in [-0.1, -0.05) is 29.3 Å². The first kappa shape index (κ1) is 23.2. The van der Waals surface area contributed by atoms with Crippen LogP contribution in [0.2, 0.25) is 10.0 Å². The number of furan rings is 1. The molecule has 0 saturated carbocycles. The molecule has 0 spiro atoms. The molecule has 3 heterocycles. The molecule has 174 valence electrons. The van der Waals surface area contributed by atoms with Crippen molar-refractivity contribution in [1.29, 1.82) is 0 Å². The van der Waals surface area contributed by atoms with Crippen molar-refractivity contribution in [3.8, 4) is 5.75 Å². The molecule has 1 aromatic carbocycles. The third-order valence-electron chi connectivity index (χ3n) is 5.59. The van der Waals surface area contributed by atoms with Gasteiger partial charge in [0.05, 0.1) is 16.7 Å². The normalized spacial score (nSPS) is 14.8. The van der Waals surface area contributed by atoms with Gasteiger partial charge in [-0.2, -0.15) is 0 Å². The van der Waals surface area contributed by atoms with Crippen LogP contribution in [0.3, 0.4) is 0 Å². The van der Waals surface area contributed by atoms with Crippen molar-refractivity contribution in [3.05, 3.63) is 57.7 Å². The Labute approximate surface area is 200 Å². The van der Waals surface area contributed by atoms with Gasteiger partial charge >= 0.3 is 6.03 Å². The summed E-state index contributed by atoms with van der Waals surface area (Å²) in [5.41, 5.74) is 8.71. The zero-order chi connectivity index (χ0) is 23.9. The quantitative estimate of drug-likeness (QED) is 0.467. The highest BCUT2D eigenvalue weighted by atomic mass is 35.5. The maximum atomic E-state index is 14.0. The van der Waals surface area contributed by atoms with Crippen molar-refractivity contribution in [2.24, 2.45) is 0 Å². The zero-order valence-corrected chi connectivity index (χ0v) is 19.9. The van der Waals surface area contributed by atoms with Gasteiger partial charge in [-0.05, 0) is 31.1 Å². The molecule has 0 fully saturated rings. The number of aromatic nitrogens is 1. The minimum Gasteiger partial charge on any atom is -0.478 e. The lowest BCUT2D eigenvalue weighted by Gasteiger charge is -2.28. The summed E-state index contributed by atoms with van der Waals surface area (Å²) in [6.45, 7) is 2.78. The number of hydrogen-bond donors (Lipinski definition) is 1. The van der Waals surface area contributed by atoms with E-state index in [4.69, 9.17) is 38.1 Å². The fourth-order valence-electron chi connectivity index (χ4n) is 3.86. The van der Waals surface area contributed by atoms with E-state index in [0.29, 0.717) is 30.7 Å². The molecule has 0 radical (unpaired) electrons. The maximum absolute atomic E-state index is 14.0. The number of nitrogens with zero attached hydrogens (tertiary/aromatic N) is 3. The van der Waals surface area contributed by atoms with Crippen molar-refractivity contribution in [2.75, 3.05) is 32.9 Å². The second kappa shape index (κ2) is 9.11. The topological polar surface area (TPSA) is 84.8 Å². The summed E-state index contributed by atoms with van der Waals surface area (Å²) in [5, 5.41) is 0.886. The Morgan fingerprint density at radius 3 is 2.79 bits per heavy atom. The molecule has 1 atom stereocenters. The van der Waals surface area contributed by atoms with Crippen LogP contribution in [0.1, 0.15) is 30.6 Å². The minimum atomic E-state index is -0.719. The molecule has 0 unspecified atom stereocenters. The second-order valence-corrected chi connectivity index (χ2v) is 8.77. The number of halogens is 3. The minimum absolute atomic E-state index is 0.0314. The first-order valence-electron chi connectivity index (χ1n) is 10.3. The van der Waals surface area contributed by atoms with E-state index >= 15 is 0 Å². The number of pyridine rings is 1. The second-order valence-electron chi connectivity index (χ2n) is 7.98. The number of amides is 2. The van der Waals surface area contributed by atoms with Gasteiger partial charge in [0, 0.05) is 49.5 Å². The lowest BCUT2D eigenvalue weighted by Crippen LogP contribution is -2.41. The number of rotatable bonds is 4. The maximum Gasteiger partial charge on any atom is 0.319 e. The van der Waals surface area contributed by atoms with E-state index in [1.807, 2.05) is 6.08 Å². The van der Waals surface area contributed by atoms with Gasteiger partial charge in [-0.25, -0.2) is 14.2 Å². The molecule has 10 heteroatoms. The van der Waals surface area contributed by atoms with Crippen LogP contribution in [0.15, 0.2) is 35.1 Å². The molecule has 33 heavy (non-hydrogen) atoms. The molecule has 2 amide bonds. The molecule has 1 aliphatic heterocycles. The third-order valence-corrected chi connectivity index (χ3v) is 6.30. The molecule has 0 bridgehead atoms. The Balaban J connectivity index is 1.66. The fraction of sp³-hybridized carbons (Fsp3) is 0.304. The predicted octanol–water partition coefficient (Wildman–Crippen LogP) is 5.77.